The number of hydrogen-bond acceptors (Lipinski definition) is 6. The van der Waals surface area contributed by atoms with E-state index < -0.39 is 6.10 Å². The smallest absolute Gasteiger partial charge is 0.306 e. The van der Waals surface area contributed by atoms with Crippen molar-refractivity contribution in [3.05, 3.63) is 109 Å². The Balaban J connectivity index is 4.32. The van der Waals surface area contributed by atoms with Crippen LogP contribution in [0.2, 0.25) is 0 Å². The first-order valence-electron chi connectivity index (χ1n) is 33.9. The highest BCUT2D eigenvalue weighted by atomic mass is 16.6. The first-order chi connectivity index (χ1) is 39.5. The van der Waals surface area contributed by atoms with Crippen molar-refractivity contribution in [3.8, 4) is 0 Å². The van der Waals surface area contributed by atoms with Gasteiger partial charge in [0.05, 0.1) is 0 Å². The number of ether oxygens (including phenoxy) is 3. The van der Waals surface area contributed by atoms with Crippen molar-refractivity contribution in [2.45, 2.75) is 329 Å². The predicted octanol–water partition coefficient (Wildman–Crippen LogP) is 23.4. The Bertz CT molecular complexity index is 1610. The van der Waals surface area contributed by atoms with Crippen LogP contribution in [0.5, 0.6) is 0 Å². The molecule has 0 rings (SSSR count). The van der Waals surface area contributed by atoms with Gasteiger partial charge in [0.15, 0.2) is 6.10 Å². The highest BCUT2D eigenvalue weighted by Crippen LogP contribution is 2.16. The summed E-state index contributed by atoms with van der Waals surface area (Å²) in [4.78, 5) is 38.3. The zero-order chi connectivity index (χ0) is 57.8. The molecule has 0 fully saturated rings. The maximum atomic E-state index is 12.9. The molecule has 0 amide bonds. The summed E-state index contributed by atoms with van der Waals surface area (Å²) < 4.78 is 16.9. The summed E-state index contributed by atoms with van der Waals surface area (Å²) in [6.45, 7) is 6.54. The lowest BCUT2D eigenvalue weighted by atomic mass is 10.0. The van der Waals surface area contributed by atoms with Gasteiger partial charge in [-0.25, -0.2) is 0 Å². The van der Waals surface area contributed by atoms with Crippen LogP contribution in [0.3, 0.4) is 0 Å². The summed E-state index contributed by atoms with van der Waals surface area (Å²) in [6, 6.07) is 0. The van der Waals surface area contributed by atoms with E-state index in [0.29, 0.717) is 19.3 Å². The number of esters is 3. The quantitative estimate of drug-likeness (QED) is 0.0261. The molecule has 0 radical (unpaired) electrons. The summed E-state index contributed by atoms with van der Waals surface area (Å²) >= 11 is 0. The molecule has 0 heterocycles. The third-order valence-corrected chi connectivity index (χ3v) is 14.5. The van der Waals surface area contributed by atoms with E-state index in [-0.39, 0.29) is 31.1 Å². The Labute approximate surface area is 495 Å². The number of rotatable bonds is 61. The molecule has 6 nitrogen and oxygen atoms in total. The van der Waals surface area contributed by atoms with E-state index >= 15 is 0 Å². The van der Waals surface area contributed by atoms with E-state index in [1.807, 2.05) is 0 Å². The highest BCUT2D eigenvalue weighted by Gasteiger charge is 2.19. The number of hydrogen-bond donors (Lipinski definition) is 0. The minimum Gasteiger partial charge on any atom is -0.462 e. The Morgan fingerprint density at radius 2 is 0.487 bits per heavy atom. The molecule has 0 aromatic rings. The second-order valence-corrected chi connectivity index (χ2v) is 22.4. The van der Waals surface area contributed by atoms with Crippen LogP contribution in [0.15, 0.2) is 109 Å². The van der Waals surface area contributed by atoms with Crippen molar-refractivity contribution in [1.82, 2.24) is 0 Å². The molecule has 0 saturated heterocycles. The van der Waals surface area contributed by atoms with Gasteiger partial charge >= 0.3 is 17.9 Å². The molecule has 0 saturated carbocycles. The molecule has 0 N–H and O–H groups in total. The Morgan fingerprint density at radius 1 is 0.263 bits per heavy atom. The van der Waals surface area contributed by atoms with Gasteiger partial charge < -0.3 is 14.2 Å². The van der Waals surface area contributed by atoms with Crippen LogP contribution >= 0.6 is 0 Å². The van der Waals surface area contributed by atoms with Crippen LogP contribution in [0.25, 0.3) is 0 Å². The lowest BCUT2D eigenvalue weighted by Crippen LogP contribution is -2.30. The first-order valence-corrected chi connectivity index (χ1v) is 33.9. The van der Waals surface area contributed by atoms with Gasteiger partial charge in [0, 0.05) is 19.3 Å². The van der Waals surface area contributed by atoms with Gasteiger partial charge in [-0.05, 0) is 109 Å². The Morgan fingerprint density at radius 3 is 0.775 bits per heavy atom. The van der Waals surface area contributed by atoms with Crippen molar-refractivity contribution in [3.63, 3.8) is 0 Å². The third kappa shape index (κ3) is 64.9. The predicted molar refractivity (Wildman–Crippen MR) is 348 cm³/mol. The summed E-state index contributed by atoms with van der Waals surface area (Å²) in [5.41, 5.74) is 0. The van der Waals surface area contributed by atoms with Crippen LogP contribution in [-0.4, -0.2) is 37.2 Å². The number of carbonyl (C=O) groups excluding carboxylic acids is 3. The lowest BCUT2D eigenvalue weighted by molar-refractivity contribution is -0.167. The van der Waals surface area contributed by atoms with Crippen LogP contribution < -0.4 is 0 Å². The van der Waals surface area contributed by atoms with E-state index in [2.05, 4.69) is 130 Å². The van der Waals surface area contributed by atoms with Crippen LogP contribution in [0.1, 0.15) is 323 Å². The number of allylic oxidation sites excluding steroid dienone is 18. The summed E-state index contributed by atoms with van der Waals surface area (Å²) in [5.74, 6) is -0.890. The Hall–Kier alpha value is -3.93. The van der Waals surface area contributed by atoms with E-state index in [1.54, 1.807) is 0 Å². The van der Waals surface area contributed by atoms with E-state index in [9.17, 15) is 14.4 Å². The second kappa shape index (κ2) is 67.6. The molecule has 458 valence electrons. The van der Waals surface area contributed by atoms with Crippen LogP contribution in [0.4, 0.5) is 0 Å². The number of unbranched alkanes of at least 4 members (excludes halogenated alkanes) is 32. The van der Waals surface area contributed by atoms with Gasteiger partial charge in [-0.15, -0.1) is 0 Å². The maximum absolute atomic E-state index is 12.9. The zero-order valence-corrected chi connectivity index (χ0v) is 52.6. The van der Waals surface area contributed by atoms with Gasteiger partial charge in [-0.2, -0.15) is 0 Å². The first kappa shape index (κ1) is 76.1. The second-order valence-electron chi connectivity index (χ2n) is 22.4. The van der Waals surface area contributed by atoms with Crippen molar-refractivity contribution in [2.24, 2.45) is 0 Å². The monoisotopic (exact) mass is 1110 g/mol. The summed E-state index contributed by atoms with van der Waals surface area (Å²) in [5, 5.41) is 0. The molecule has 1 unspecified atom stereocenters. The normalized spacial score (nSPS) is 12.8. The van der Waals surface area contributed by atoms with Gasteiger partial charge in [0.25, 0.3) is 0 Å². The average molecular weight is 1110 g/mol. The van der Waals surface area contributed by atoms with Gasteiger partial charge in [0.2, 0.25) is 0 Å². The highest BCUT2D eigenvalue weighted by molar-refractivity contribution is 5.71. The molecule has 0 aliphatic carbocycles. The number of carbonyl (C=O) groups is 3. The third-order valence-electron chi connectivity index (χ3n) is 14.5. The SMILES string of the molecule is CC/C=C\C/C=C\C/C=C\C/C=C\C/C=C\C/C=C\C/C=C\C/C=C\CCCCCCCCC(=O)OCC(COC(=O)CCCCCCCCCCCCCCC)OC(=O)CCCCCCCCC/C=C\CCCCCCCCC. The average Bonchev–Trinajstić information content (AvgIpc) is 3.46. The minimum absolute atomic E-state index is 0.0818. The van der Waals surface area contributed by atoms with E-state index in [0.717, 1.165) is 122 Å². The molecule has 0 aromatic carbocycles. The topological polar surface area (TPSA) is 78.9 Å². The van der Waals surface area contributed by atoms with Gasteiger partial charge in [0.1, 0.15) is 13.2 Å². The summed E-state index contributed by atoms with van der Waals surface area (Å²) in [7, 11) is 0. The summed E-state index contributed by atoms with van der Waals surface area (Å²) in [6.07, 6.45) is 92.4. The minimum atomic E-state index is -0.787. The zero-order valence-electron chi connectivity index (χ0n) is 52.6. The molecule has 6 heteroatoms. The maximum Gasteiger partial charge on any atom is 0.306 e. The fraction of sp³-hybridized carbons (Fsp3) is 0.716. The van der Waals surface area contributed by atoms with Crippen molar-refractivity contribution in [2.75, 3.05) is 13.2 Å². The molecule has 0 aliphatic heterocycles. The molecule has 80 heavy (non-hydrogen) atoms. The van der Waals surface area contributed by atoms with E-state index in [4.69, 9.17) is 14.2 Å². The van der Waals surface area contributed by atoms with Crippen LogP contribution in [0, 0.1) is 0 Å². The van der Waals surface area contributed by atoms with Gasteiger partial charge in [-0.3, -0.25) is 14.4 Å². The lowest BCUT2D eigenvalue weighted by Gasteiger charge is -2.18. The molecular formula is C74H126O6. The van der Waals surface area contributed by atoms with Crippen LogP contribution in [-0.2, 0) is 28.6 Å². The Kier molecular flexibility index (Phi) is 64.3. The molecule has 1 atom stereocenters. The van der Waals surface area contributed by atoms with E-state index in [1.165, 1.54) is 161 Å². The van der Waals surface area contributed by atoms with Crippen molar-refractivity contribution in [1.29, 1.82) is 0 Å². The van der Waals surface area contributed by atoms with Gasteiger partial charge in [-0.1, -0.05) is 304 Å². The molecule has 0 aromatic heterocycles. The standard InChI is InChI=1S/C74H126O6/c1-4-7-10-13-16-19-22-25-27-29-31-32-33-34-35-36-37-38-39-40-41-42-43-45-46-49-52-55-58-61-64-67-73(76)79-70-71(69-78-72(75)66-63-60-57-54-51-48-24-21-18-15-12-9-6-3)80-74(77)68-65-62-59-56-53-50-47-44-30-28-26-23-20-17-14-11-8-5-2/h7,10,16,19,25,27-28,30-32,34-35,37-38,40-41,43,45,71H,4-6,8-9,11-15,17-18,20-24,26,29,33,36,39,42,44,46-70H2,1-3H3/b10-7-,19-16-,27-25-,30-28-,32-31-,35-34-,38-37-,41-40-,45-43-. The van der Waals surface area contributed by atoms with Crippen molar-refractivity contribution >= 4 is 17.9 Å². The molecular weight excluding hydrogens is 985 g/mol. The molecule has 0 aliphatic rings. The molecule has 0 bridgehead atoms. The molecule has 0 spiro atoms. The fourth-order valence-electron chi connectivity index (χ4n) is 9.45. The van der Waals surface area contributed by atoms with Crippen molar-refractivity contribution < 1.29 is 28.6 Å². The largest absolute Gasteiger partial charge is 0.462 e. The fourth-order valence-corrected chi connectivity index (χ4v) is 9.45.